The van der Waals surface area contributed by atoms with Gasteiger partial charge in [-0.05, 0) is 48.9 Å². The van der Waals surface area contributed by atoms with Gasteiger partial charge in [0, 0.05) is 24.5 Å². The number of aromatic nitrogens is 8. The maximum atomic E-state index is 4.61. The lowest BCUT2D eigenvalue weighted by Gasteiger charge is -2.08. The summed E-state index contributed by atoms with van der Waals surface area (Å²) in [5.74, 6) is 2.54. The molecule has 30 heavy (non-hydrogen) atoms. The molecule has 9 nitrogen and oxygen atoms in total. The molecule has 0 radical (unpaired) electrons. The summed E-state index contributed by atoms with van der Waals surface area (Å²) < 4.78 is 0. The highest BCUT2D eigenvalue weighted by atomic mass is 15.3. The predicted octanol–water partition coefficient (Wildman–Crippen LogP) is 3.24. The minimum absolute atomic E-state index is 0.555. The number of nitrogens with zero attached hydrogens (tertiary/aromatic N) is 7. The Hall–Kier alpha value is -4.27. The number of hydrogen-bond donors (Lipinski definition) is 2. The summed E-state index contributed by atoms with van der Waals surface area (Å²) in [6.45, 7) is 1.94. The molecule has 0 aliphatic carbocycles. The topological polar surface area (TPSA) is 118 Å². The summed E-state index contributed by atoms with van der Waals surface area (Å²) in [5.41, 5.74) is 4.35. The Morgan fingerprint density at radius 1 is 0.833 bits per heavy atom. The van der Waals surface area contributed by atoms with Crippen molar-refractivity contribution in [3.05, 3.63) is 78.0 Å². The van der Waals surface area contributed by atoms with Crippen LogP contribution in [0.2, 0.25) is 0 Å². The van der Waals surface area contributed by atoms with Gasteiger partial charge in [-0.25, -0.2) is 24.9 Å². The van der Waals surface area contributed by atoms with E-state index in [0.717, 1.165) is 28.0 Å². The zero-order valence-corrected chi connectivity index (χ0v) is 16.1. The number of pyridine rings is 1. The van der Waals surface area contributed by atoms with Crippen LogP contribution in [0.15, 0.2) is 60.9 Å². The molecule has 4 heterocycles. The average molecular weight is 395 g/mol. The summed E-state index contributed by atoms with van der Waals surface area (Å²) in [6.07, 6.45) is 4.01. The molecular weight excluding hydrogens is 378 g/mol. The Balaban J connectivity index is 1.36. The van der Waals surface area contributed by atoms with E-state index in [9.17, 15) is 0 Å². The lowest BCUT2D eigenvalue weighted by molar-refractivity contribution is 0.958. The van der Waals surface area contributed by atoms with Crippen molar-refractivity contribution >= 4 is 22.7 Å². The van der Waals surface area contributed by atoms with E-state index >= 15 is 0 Å². The van der Waals surface area contributed by atoms with Crippen molar-refractivity contribution in [1.82, 2.24) is 40.3 Å². The van der Waals surface area contributed by atoms with Crippen molar-refractivity contribution in [2.45, 2.75) is 13.3 Å². The quantitative estimate of drug-likeness (QED) is 0.466. The molecule has 0 amide bonds. The van der Waals surface area contributed by atoms with Gasteiger partial charge in [0.2, 0.25) is 0 Å². The summed E-state index contributed by atoms with van der Waals surface area (Å²) in [4.78, 5) is 22.4. The molecule has 0 saturated heterocycles. The molecule has 9 heteroatoms. The standard InChI is InChI=1S/C21H17N9/c1-13-3-2-4-16(24-13)21-23-10-8-19(27-21)25-18-7-9-22-20(26-18)12-14-5-6-15-17(11-14)29-30-28-15/h2-11H,12H2,1H3,(H,28,29,30)(H,22,23,25,26,27). The Morgan fingerprint density at radius 2 is 1.67 bits per heavy atom. The number of fused-ring (bicyclic) bond motifs is 1. The second-order valence-corrected chi connectivity index (χ2v) is 6.74. The summed E-state index contributed by atoms with van der Waals surface area (Å²) >= 11 is 0. The van der Waals surface area contributed by atoms with Gasteiger partial charge in [0.15, 0.2) is 5.82 Å². The Kier molecular flexibility index (Phi) is 4.53. The SMILES string of the molecule is Cc1cccc(-c2nccc(Nc3ccnc(Cc4ccc5n[nH]nc5c4)n3)n2)n1. The average Bonchev–Trinajstić information content (AvgIpc) is 3.22. The van der Waals surface area contributed by atoms with Gasteiger partial charge in [0.25, 0.3) is 0 Å². The highest BCUT2D eigenvalue weighted by Crippen LogP contribution is 2.18. The second-order valence-electron chi connectivity index (χ2n) is 6.74. The molecule has 4 aromatic heterocycles. The smallest absolute Gasteiger partial charge is 0.180 e. The van der Waals surface area contributed by atoms with Gasteiger partial charge in [-0.1, -0.05) is 12.1 Å². The van der Waals surface area contributed by atoms with Crippen LogP contribution < -0.4 is 5.32 Å². The first kappa shape index (κ1) is 17.8. The molecule has 5 rings (SSSR count). The van der Waals surface area contributed by atoms with Crippen LogP contribution in [0.3, 0.4) is 0 Å². The van der Waals surface area contributed by atoms with Crippen LogP contribution >= 0.6 is 0 Å². The van der Waals surface area contributed by atoms with Crippen LogP contribution in [0.1, 0.15) is 17.1 Å². The largest absolute Gasteiger partial charge is 0.325 e. The maximum absolute atomic E-state index is 4.61. The van der Waals surface area contributed by atoms with E-state index in [2.05, 4.69) is 45.6 Å². The van der Waals surface area contributed by atoms with Crippen molar-refractivity contribution < 1.29 is 0 Å². The van der Waals surface area contributed by atoms with Gasteiger partial charge >= 0.3 is 0 Å². The zero-order valence-electron chi connectivity index (χ0n) is 16.1. The molecule has 5 aromatic rings. The maximum Gasteiger partial charge on any atom is 0.180 e. The van der Waals surface area contributed by atoms with Gasteiger partial charge in [0.05, 0.1) is 0 Å². The highest BCUT2D eigenvalue weighted by Gasteiger charge is 2.07. The van der Waals surface area contributed by atoms with Crippen molar-refractivity contribution in [2.24, 2.45) is 0 Å². The number of nitrogens with one attached hydrogen (secondary N) is 2. The highest BCUT2D eigenvalue weighted by molar-refractivity contribution is 5.74. The third-order valence-electron chi connectivity index (χ3n) is 4.48. The number of benzene rings is 1. The van der Waals surface area contributed by atoms with Crippen LogP contribution in [-0.2, 0) is 6.42 Å². The van der Waals surface area contributed by atoms with Crippen LogP contribution in [-0.4, -0.2) is 40.3 Å². The van der Waals surface area contributed by atoms with Gasteiger partial charge in [-0.15, -0.1) is 0 Å². The van der Waals surface area contributed by atoms with Crippen molar-refractivity contribution in [2.75, 3.05) is 5.32 Å². The Labute approximate surface area is 171 Å². The summed E-state index contributed by atoms with van der Waals surface area (Å²) in [5, 5.41) is 14.0. The first-order valence-corrected chi connectivity index (χ1v) is 9.38. The van der Waals surface area contributed by atoms with E-state index in [1.165, 1.54) is 0 Å². The third kappa shape index (κ3) is 3.81. The second kappa shape index (κ2) is 7.63. The van der Waals surface area contributed by atoms with E-state index < -0.39 is 0 Å². The molecule has 0 aliphatic heterocycles. The fourth-order valence-corrected chi connectivity index (χ4v) is 3.08. The van der Waals surface area contributed by atoms with Crippen molar-refractivity contribution in [1.29, 1.82) is 0 Å². The summed E-state index contributed by atoms with van der Waals surface area (Å²) in [6, 6.07) is 15.3. The number of H-pyrrole nitrogens is 1. The Morgan fingerprint density at radius 3 is 2.57 bits per heavy atom. The van der Waals surface area contributed by atoms with Crippen molar-refractivity contribution in [3.8, 4) is 11.5 Å². The molecule has 0 bridgehead atoms. The number of aromatic amines is 1. The van der Waals surface area contributed by atoms with Crippen LogP contribution in [0.4, 0.5) is 11.6 Å². The first-order chi connectivity index (χ1) is 14.7. The number of aryl methyl sites for hydroxylation is 1. The third-order valence-corrected chi connectivity index (χ3v) is 4.48. The zero-order chi connectivity index (χ0) is 20.3. The number of rotatable bonds is 5. The molecular formula is C21H17N9. The van der Waals surface area contributed by atoms with E-state index in [0.29, 0.717) is 29.7 Å². The minimum Gasteiger partial charge on any atom is -0.325 e. The van der Waals surface area contributed by atoms with E-state index in [1.807, 2.05) is 43.3 Å². The van der Waals surface area contributed by atoms with Crippen LogP contribution in [0.25, 0.3) is 22.6 Å². The predicted molar refractivity (Wildman–Crippen MR) is 112 cm³/mol. The lowest BCUT2D eigenvalue weighted by atomic mass is 10.1. The summed E-state index contributed by atoms with van der Waals surface area (Å²) in [7, 11) is 0. The van der Waals surface area contributed by atoms with E-state index in [-0.39, 0.29) is 0 Å². The normalized spacial score (nSPS) is 11.0. The van der Waals surface area contributed by atoms with Gasteiger partial charge in [-0.3, -0.25) is 0 Å². The molecule has 2 N–H and O–H groups in total. The lowest BCUT2D eigenvalue weighted by Crippen LogP contribution is -2.03. The number of anilines is 2. The molecule has 0 fully saturated rings. The molecule has 0 spiro atoms. The van der Waals surface area contributed by atoms with Gasteiger partial charge in [-0.2, -0.15) is 15.4 Å². The van der Waals surface area contributed by atoms with Crippen LogP contribution in [0, 0.1) is 6.92 Å². The van der Waals surface area contributed by atoms with Gasteiger partial charge < -0.3 is 5.32 Å². The van der Waals surface area contributed by atoms with E-state index in [1.54, 1.807) is 24.5 Å². The van der Waals surface area contributed by atoms with Crippen molar-refractivity contribution in [3.63, 3.8) is 0 Å². The van der Waals surface area contributed by atoms with Crippen LogP contribution in [0.5, 0.6) is 0 Å². The molecule has 0 atom stereocenters. The van der Waals surface area contributed by atoms with E-state index in [4.69, 9.17) is 0 Å². The minimum atomic E-state index is 0.555. The molecule has 0 saturated carbocycles. The molecule has 0 unspecified atom stereocenters. The first-order valence-electron chi connectivity index (χ1n) is 9.38. The molecule has 0 aliphatic rings. The number of hydrogen-bond acceptors (Lipinski definition) is 8. The van der Waals surface area contributed by atoms with Gasteiger partial charge in [0.1, 0.15) is 34.2 Å². The fraction of sp³-hybridized carbons (Fsp3) is 0.0952. The Bertz CT molecular complexity index is 1330. The fourth-order valence-electron chi connectivity index (χ4n) is 3.08. The monoisotopic (exact) mass is 395 g/mol. The molecule has 1 aromatic carbocycles. The molecule has 146 valence electrons.